The van der Waals surface area contributed by atoms with Crippen molar-refractivity contribution in [2.45, 2.75) is 33.8 Å². The van der Waals surface area contributed by atoms with Gasteiger partial charge >= 0.3 is 5.97 Å². The van der Waals surface area contributed by atoms with E-state index in [1.54, 1.807) is 0 Å². The molecule has 1 aliphatic heterocycles. The third-order valence-corrected chi connectivity index (χ3v) is 2.77. The van der Waals surface area contributed by atoms with Crippen molar-refractivity contribution in [3.05, 3.63) is 0 Å². The molecule has 3 nitrogen and oxygen atoms in total. The summed E-state index contributed by atoms with van der Waals surface area (Å²) < 4.78 is 10.1. The number of ether oxygens (including phenoxy) is 2. The van der Waals surface area contributed by atoms with E-state index in [1.807, 2.05) is 27.7 Å². The van der Waals surface area contributed by atoms with Crippen molar-refractivity contribution >= 4 is 5.97 Å². The summed E-state index contributed by atoms with van der Waals surface area (Å²) in [5.74, 6) is 0.165. The number of rotatable bonds is 4. The second kappa shape index (κ2) is 3.66. The maximum Gasteiger partial charge on any atom is 0.311 e. The fourth-order valence-corrected chi connectivity index (χ4v) is 0.755. The molecule has 0 saturated carbocycles. The summed E-state index contributed by atoms with van der Waals surface area (Å²) in [5, 5.41) is 0. The Labute approximate surface area is 79.4 Å². The molecule has 1 fully saturated rings. The molecule has 76 valence electrons. The second-order valence-electron chi connectivity index (χ2n) is 4.43. The maximum atomic E-state index is 11.6. The van der Waals surface area contributed by atoms with Gasteiger partial charge in [-0.15, -0.1) is 0 Å². The first-order valence-electron chi connectivity index (χ1n) is 4.73. The van der Waals surface area contributed by atoms with E-state index in [4.69, 9.17) is 9.47 Å². The Balaban J connectivity index is 2.35. The van der Waals surface area contributed by atoms with Crippen LogP contribution in [0.15, 0.2) is 0 Å². The molecular formula is C10H18O3. The Bertz CT molecular complexity index is 192. The minimum absolute atomic E-state index is 0.127. The van der Waals surface area contributed by atoms with Gasteiger partial charge in [0.1, 0.15) is 12.7 Å². The molecule has 0 aromatic carbocycles. The average molecular weight is 186 g/mol. The van der Waals surface area contributed by atoms with Crippen molar-refractivity contribution in [1.29, 1.82) is 0 Å². The van der Waals surface area contributed by atoms with Gasteiger partial charge in [0.25, 0.3) is 0 Å². The summed E-state index contributed by atoms with van der Waals surface area (Å²) in [7, 11) is 0. The summed E-state index contributed by atoms with van der Waals surface area (Å²) >= 11 is 0. The second-order valence-corrected chi connectivity index (χ2v) is 4.43. The summed E-state index contributed by atoms with van der Waals surface area (Å²) in [6.45, 7) is 9.01. The molecule has 0 amide bonds. The van der Waals surface area contributed by atoms with Gasteiger partial charge in [0.05, 0.1) is 12.0 Å². The minimum Gasteiger partial charge on any atom is -0.462 e. The van der Waals surface area contributed by atoms with Gasteiger partial charge in [0.2, 0.25) is 0 Å². The zero-order valence-electron chi connectivity index (χ0n) is 8.79. The highest BCUT2D eigenvalue weighted by Gasteiger charge is 2.34. The van der Waals surface area contributed by atoms with Crippen molar-refractivity contribution in [3.63, 3.8) is 0 Å². The molecule has 1 rings (SSSR count). The highest BCUT2D eigenvalue weighted by Crippen LogP contribution is 2.27. The fraction of sp³-hybridized carbons (Fsp3) is 0.900. The molecule has 1 aliphatic rings. The monoisotopic (exact) mass is 186 g/mol. The van der Waals surface area contributed by atoms with Crippen LogP contribution in [0.1, 0.15) is 27.7 Å². The van der Waals surface area contributed by atoms with Crippen molar-refractivity contribution < 1.29 is 14.3 Å². The first-order chi connectivity index (χ1) is 5.94. The summed E-state index contributed by atoms with van der Waals surface area (Å²) in [6, 6.07) is 0. The van der Waals surface area contributed by atoms with Crippen LogP contribution in [-0.2, 0) is 14.3 Å². The van der Waals surface area contributed by atoms with Gasteiger partial charge in [-0.1, -0.05) is 13.8 Å². The summed E-state index contributed by atoms with van der Waals surface area (Å²) in [4.78, 5) is 11.6. The van der Waals surface area contributed by atoms with Crippen LogP contribution in [0, 0.1) is 11.3 Å². The summed E-state index contributed by atoms with van der Waals surface area (Å²) in [6.07, 6.45) is 0.159. The molecular weight excluding hydrogens is 168 g/mol. The fourth-order valence-electron chi connectivity index (χ4n) is 0.755. The van der Waals surface area contributed by atoms with Gasteiger partial charge < -0.3 is 9.47 Å². The van der Waals surface area contributed by atoms with Gasteiger partial charge in [-0.3, -0.25) is 4.79 Å². The van der Waals surface area contributed by atoms with Crippen LogP contribution < -0.4 is 0 Å². The molecule has 13 heavy (non-hydrogen) atoms. The van der Waals surface area contributed by atoms with E-state index < -0.39 is 5.41 Å². The summed E-state index contributed by atoms with van der Waals surface area (Å²) in [5.41, 5.74) is -0.394. The maximum absolute atomic E-state index is 11.6. The molecule has 1 unspecified atom stereocenters. The van der Waals surface area contributed by atoms with E-state index in [1.165, 1.54) is 0 Å². The highest BCUT2D eigenvalue weighted by atomic mass is 16.6. The van der Waals surface area contributed by atoms with E-state index in [2.05, 4.69) is 0 Å². The smallest absolute Gasteiger partial charge is 0.311 e. The van der Waals surface area contributed by atoms with Gasteiger partial charge in [-0.25, -0.2) is 0 Å². The molecule has 1 saturated heterocycles. The molecule has 3 heteroatoms. The lowest BCUT2D eigenvalue weighted by Gasteiger charge is -2.26. The van der Waals surface area contributed by atoms with E-state index >= 15 is 0 Å². The zero-order valence-corrected chi connectivity index (χ0v) is 8.79. The van der Waals surface area contributed by atoms with Crippen LogP contribution in [0.25, 0.3) is 0 Å². The van der Waals surface area contributed by atoms with E-state index in [-0.39, 0.29) is 12.1 Å². The van der Waals surface area contributed by atoms with Crippen LogP contribution in [-0.4, -0.2) is 25.3 Å². The number of hydrogen-bond donors (Lipinski definition) is 0. The molecule has 0 bridgehead atoms. The number of carbonyl (C=O) groups excluding carboxylic acids is 1. The third kappa shape index (κ3) is 2.69. The third-order valence-electron chi connectivity index (χ3n) is 2.77. The first kappa shape index (κ1) is 10.5. The lowest BCUT2D eigenvalue weighted by atomic mass is 9.81. The number of epoxide rings is 1. The van der Waals surface area contributed by atoms with Crippen LogP contribution in [0.3, 0.4) is 0 Å². The zero-order chi connectivity index (χ0) is 10.1. The van der Waals surface area contributed by atoms with Crippen LogP contribution in [0.2, 0.25) is 0 Å². The molecule has 0 aromatic heterocycles. The Hall–Kier alpha value is -0.570. The quantitative estimate of drug-likeness (QED) is 0.494. The van der Waals surface area contributed by atoms with Crippen LogP contribution in [0.4, 0.5) is 0 Å². The Morgan fingerprint density at radius 2 is 2.15 bits per heavy atom. The molecule has 0 aliphatic carbocycles. The van der Waals surface area contributed by atoms with E-state index in [0.717, 1.165) is 6.61 Å². The van der Waals surface area contributed by atoms with Crippen LogP contribution in [0.5, 0.6) is 0 Å². The molecule has 0 N–H and O–H groups in total. The Morgan fingerprint density at radius 3 is 2.54 bits per heavy atom. The highest BCUT2D eigenvalue weighted by molar-refractivity contribution is 5.76. The molecule has 1 atom stereocenters. The van der Waals surface area contributed by atoms with E-state index in [9.17, 15) is 4.79 Å². The van der Waals surface area contributed by atoms with Crippen molar-refractivity contribution in [1.82, 2.24) is 0 Å². The van der Waals surface area contributed by atoms with Crippen molar-refractivity contribution in [2.75, 3.05) is 13.2 Å². The lowest BCUT2D eigenvalue weighted by Crippen LogP contribution is -2.32. The van der Waals surface area contributed by atoms with E-state index in [0.29, 0.717) is 12.5 Å². The Kier molecular flexibility index (Phi) is 2.96. The van der Waals surface area contributed by atoms with Crippen molar-refractivity contribution in [3.8, 4) is 0 Å². The minimum atomic E-state index is -0.394. The van der Waals surface area contributed by atoms with Crippen molar-refractivity contribution in [2.24, 2.45) is 11.3 Å². The number of hydrogen-bond acceptors (Lipinski definition) is 3. The lowest BCUT2D eigenvalue weighted by molar-refractivity contribution is -0.156. The van der Waals surface area contributed by atoms with Crippen LogP contribution >= 0.6 is 0 Å². The largest absolute Gasteiger partial charge is 0.462 e. The normalized spacial score (nSPS) is 21.8. The Morgan fingerprint density at radius 1 is 1.62 bits per heavy atom. The van der Waals surface area contributed by atoms with Gasteiger partial charge in [0.15, 0.2) is 0 Å². The first-order valence-corrected chi connectivity index (χ1v) is 4.73. The van der Waals surface area contributed by atoms with Gasteiger partial charge in [0, 0.05) is 0 Å². The van der Waals surface area contributed by atoms with Gasteiger partial charge in [-0.2, -0.15) is 0 Å². The SMILES string of the molecule is CC(C)C(C)(C)C(=O)OCC1CO1. The van der Waals surface area contributed by atoms with Gasteiger partial charge in [-0.05, 0) is 19.8 Å². The average Bonchev–Trinajstić information content (AvgIpc) is 2.82. The molecule has 0 spiro atoms. The topological polar surface area (TPSA) is 38.8 Å². The number of esters is 1. The number of carbonyl (C=O) groups is 1. The predicted molar refractivity (Wildman–Crippen MR) is 49.3 cm³/mol. The standard InChI is InChI=1S/C10H18O3/c1-7(2)10(3,4)9(11)13-6-8-5-12-8/h7-8H,5-6H2,1-4H3. The molecule has 1 heterocycles. The predicted octanol–water partition coefficient (Wildman–Crippen LogP) is 1.61. The molecule has 0 aromatic rings. The molecule has 0 radical (unpaired) electrons.